The number of alkyl halides is 2. The van der Waals surface area contributed by atoms with Crippen LogP contribution in [0.5, 0.6) is 5.75 Å². The Morgan fingerprint density at radius 1 is 1.22 bits per heavy atom. The maximum Gasteiger partial charge on any atom is 0.333 e. The van der Waals surface area contributed by atoms with Crippen LogP contribution in [0.3, 0.4) is 0 Å². The molecule has 0 amide bonds. The fourth-order valence-electron chi connectivity index (χ4n) is 2.38. The van der Waals surface area contributed by atoms with Gasteiger partial charge in [0, 0.05) is 11.3 Å². The van der Waals surface area contributed by atoms with E-state index >= 15 is 0 Å². The summed E-state index contributed by atoms with van der Waals surface area (Å²) < 4.78 is 31.5. The molecule has 0 radical (unpaired) electrons. The van der Waals surface area contributed by atoms with E-state index in [0.29, 0.717) is 27.6 Å². The zero-order valence-electron chi connectivity index (χ0n) is 13.6. The summed E-state index contributed by atoms with van der Waals surface area (Å²) in [6.07, 6.45) is -0.0870. The molecular weight excluding hydrogens is 302 g/mol. The van der Waals surface area contributed by atoms with Gasteiger partial charge in [0.15, 0.2) is 0 Å². The van der Waals surface area contributed by atoms with Crippen molar-refractivity contribution in [1.82, 2.24) is 9.78 Å². The number of halogens is 2. The van der Waals surface area contributed by atoms with E-state index in [2.05, 4.69) is 18.9 Å². The minimum atomic E-state index is -2.72. The molecule has 0 unspecified atom stereocenters. The van der Waals surface area contributed by atoms with E-state index in [9.17, 15) is 13.6 Å². The van der Waals surface area contributed by atoms with Crippen molar-refractivity contribution in [3.05, 3.63) is 46.8 Å². The second-order valence-corrected chi connectivity index (χ2v) is 5.75. The van der Waals surface area contributed by atoms with Crippen LogP contribution in [0.1, 0.15) is 48.8 Å². The molecule has 2 aromatic rings. The first-order valence-electron chi connectivity index (χ1n) is 7.43. The van der Waals surface area contributed by atoms with Crippen LogP contribution in [0.2, 0.25) is 0 Å². The Hall–Kier alpha value is -2.24. The van der Waals surface area contributed by atoms with E-state index in [1.807, 2.05) is 12.1 Å². The Bertz CT molecular complexity index is 691. The predicted octanol–water partition coefficient (Wildman–Crippen LogP) is 4.17. The minimum Gasteiger partial charge on any atom is -0.426 e. The maximum atomic E-state index is 12.8. The largest absolute Gasteiger partial charge is 0.426 e. The second-order valence-electron chi connectivity index (χ2n) is 5.75. The molecule has 1 aromatic carbocycles. The first kappa shape index (κ1) is 17.1. The lowest BCUT2D eigenvalue weighted by atomic mass is 10.0. The minimum absolute atomic E-state index is 0.0870. The standard InChI is InChI=1S/C17H20F2N2O2/c1-10(2)13-5-7-14(8-6-13)23-16(22)9-15-11(3)20-21(12(15)4)17(18)19/h5-8,10,17H,9H2,1-4H3. The van der Waals surface area contributed by atoms with Gasteiger partial charge in [0.05, 0.1) is 12.1 Å². The zero-order valence-corrected chi connectivity index (χ0v) is 13.6. The zero-order chi connectivity index (χ0) is 17.1. The molecule has 0 N–H and O–H groups in total. The summed E-state index contributed by atoms with van der Waals surface area (Å²) in [5.74, 6) is 0.337. The highest BCUT2D eigenvalue weighted by Gasteiger charge is 2.20. The van der Waals surface area contributed by atoms with Gasteiger partial charge in [-0.3, -0.25) is 4.79 Å². The average molecular weight is 322 g/mol. The van der Waals surface area contributed by atoms with E-state index in [0.717, 1.165) is 5.56 Å². The Balaban J connectivity index is 2.08. The highest BCUT2D eigenvalue weighted by atomic mass is 19.3. The number of aryl methyl sites for hydroxylation is 1. The maximum absolute atomic E-state index is 12.8. The number of rotatable bonds is 5. The Morgan fingerprint density at radius 2 is 1.83 bits per heavy atom. The van der Waals surface area contributed by atoms with Gasteiger partial charge in [-0.05, 0) is 37.5 Å². The van der Waals surface area contributed by atoms with Crippen molar-refractivity contribution in [1.29, 1.82) is 0 Å². The van der Waals surface area contributed by atoms with Crippen molar-refractivity contribution >= 4 is 5.97 Å². The van der Waals surface area contributed by atoms with Crippen LogP contribution >= 0.6 is 0 Å². The molecule has 0 spiro atoms. The Morgan fingerprint density at radius 3 is 2.30 bits per heavy atom. The quantitative estimate of drug-likeness (QED) is 0.613. The number of hydrogen-bond acceptors (Lipinski definition) is 3. The first-order chi connectivity index (χ1) is 10.8. The molecule has 6 heteroatoms. The summed E-state index contributed by atoms with van der Waals surface area (Å²) in [5, 5.41) is 3.76. The normalized spacial score (nSPS) is 11.3. The summed E-state index contributed by atoms with van der Waals surface area (Å²) in [4.78, 5) is 12.0. The molecule has 4 nitrogen and oxygen atoms in total. The van der Waals surface area contributed by atoms with Gasteiger partial charge in [-0.15, -0.1) is 0 Å². The third kappa shape index (κ3) is 3.94. The highest BCUT2D eigenvalue weighted by Crippen LogP contribution is 2.22. The van der Waals surface area contributed by atoms with Crippen LogP contribution in [-0.4, -0.2) is 15.7 Å². The summed E-state index contributed by atoms with van der Waals surface area (Å²) >= 11 is 0. The van der Waals surface area contributed by atoms with Crippen molar-refractivity contribution in [2.45, 2.75) is 46.6 Å². The number of aromatic nitrogens is 2. The van der Waals surface area contributed by atoms with Crippen molar-refractivity contribution in [2.24, 2.45) is 0 Å². The Labute approximate surface area is 134 Å². The van der Waals surface area contributed by atoms with E-state index in [-0.39, 0.29) is 12.1 Å². The molecule has 0 aliphatic heterocycles. The van der Waals surface area contributed by atoms with Crippen LogP contribution in [0, 0.1) is 13.8 Å². The lowest BCUT2D eigenvalue weighted by Crippen LogP contribution is -2.12. The van der Waals surface area contributed by atoms with Gasteiger partial charge in [0.2, 0.25) is 0 Å². The molecule has 124 valence electrons. The molecule has 0 aliphatic carbocycles. The van der Waals surface area contributed by atoms with Crippen molar-refractivity contribution in [3.63, 3.8) is 0 Å². The Kier molecular flexibility index (Phi) is 5.13. The fourth-order valence-corrected chi connectivity index (χ4v) is 2.38. The molecule has 0 atom stereocenters. The highest BCUT2D eigenvalue weighted by molar-refractivity contribution is 5.75. The first-order valence-corrected chi connectivity index (χ1v) is 7.43. The number of nitrogens with zero attached hydrogens (tertiary/aromatic N) is 2. The van der Waals surface area contributed by atoms with Gasteiger partial charge in [0.25, 0.3) is 0 Å². The van der Waals surface area contributed by atoms with Gasteiger partial charge in [-0.1, -0.05) is 26.0 Å². The smallest absolute Gasteiger partial charge is 0.333 e. The summed E-state index contributed by atoms with van der Waals surface area (Å²) in [6, 6.07) is 7.27. The fraction of sp³-hybridized carbons (Fsp3) is 0.412. The molecule has 2 rings (SSSR count). The third-order valence-corrected chi connectivity index (χ3v) is 3.76. The van der Waals surface area contributed by atoms with Crippen molar-refractivity contribution in [2.75, 3.05) is 0 Å². The van der Waals surface area contributed by atoms with Crippen LogP contribution in [-0.2, 0) is 11.2 Å². The third-order valence-electron chi connectivity index (χ3n) is 3.76. The van der Waals surface area contributed by atoms with Crippen LogP contribution in [0.25, 0.3) is 0 Å². The number of esters is 1. The molecule has 1 heterocycles. The topological polar surface area (TPSA) is 44.1 Å². The number of benzene rings is 1. The lowest BCUT2D eigenvalue weighted by Gasteiger charge is -2.08. The summed E-state index contributed by atoms with van der Waals surface area (Å²) in [7, 11) is 0. The number of hydrogen-bond donors (Lipinski definition) is 0. The van der Waals surface area contributed by atoms with Crippen LogP contribution in [0.4, 0.5) is 8.78 Å². The number of ether oxygens (including phenoxy) is 1. The van der Waals surface area contributed by atoms with E-state index in [1.54, 1.807) is 19.1 Å². The molecule has 0 saturated carbocycles. The second kappa shape index (κ2) is 6.89. The summed E-state index contributed by atoms with van der Waals surface area (Å²) in [5.41, 5.74) is 2.32. The number of carbonyl (C=O) groups excluding carboxylic acids is 1. The summed E-state index contributed by atoms with van der Waals surface area (Å²) in [6.45, 7) is 4.56. The molecule has 23 heavy (non-hydrogen) atoms. The molecule has 1 aromatic heterocycles. The van der Waals surface area contributed by atoms with Crippen LogP contribution < -0.4 is 4.74 Å². The van der Waals surface area contributed by atoms with Gasteiger partial charge < -0.3 is 4.74 Å². The number of carbonyl (C=O) groups is 1. The lowest BCUT2D eigenvalue weighted by molar-refractivity contribution is -0.133. The van der Waals surface area contributed by atoms with E-state index in [4.69, 9.17) is 4.74 Å². The molecule has 0 fully saturated rings. The van der Waals surface area contributed by atoms with Gasteiger partial charge >= 0.3 is 12.5 Å². The van der Waals surface area contributed by atoms with Gasteiger partial charge in [-0.2, -0.15) is 13.9 Å². The van der Waals surface area contributed by atoms with Crippen molar-refractivity contribution < 1.29 is 18.3 Å². The predicted molar refractivity (Wildman–Crippen MR) is 82.8 cm³/mol. The van der Waals surface area contributed by atoms with Crippen LogP contribution in [0.15, 0.2) is 24.3 Å². The van der Waals surface area contributed by atoms with E-state index in [1.165, 1.54) is 6.92 Å². The average Bonchev–Trinajstić information content (AvgIpc) is 2.76. The van der Waals surface area contributed by atoms with E-state index < -0.39 is 12.5 Å². The molecule has 0 aliphatic rings. The monoisotopic (exact) mass is 322 g/mol. The SMILES string of the molecule is Cc1nn(C(F)F)c(C)c1CC(=O)Oc1ccc(C(C)C)cc1. The molecule has 0 saturated heterocycles. The molecule has 0 bridgehead atoms. The van der Waals surface area contributed by atoms with Gasteiger partial charge in [0.1, 0.15) is 5.75 Å². The van der Waals surface area contributed by atoms with Crippen molar-refractivity contribution in [3.8, 4) is 5.75 Å². The van der Waals surface area contributed by atoms with Gasteiger partial charge in [-0.25, -0.2) is 4.68 Å². The molecular formula is C17H20F2N2O2.